The molecule has 2 aliphatic carbocycles. The smallest absolute Gasteiger partial charge is 0.248 e. The van der Waals surface area contributed by atoms with Crippen LogP contribution in [0.3, 0.4) is 0 Å². The van der Waals surface area contributed by atoms with Gasteiger partial charge in [-0.3, -0.25) is 14.5 Å². The van der Waals surface area contributed by atoms with Crippen LogP contribution in [0.5, 0.6) is 0 Å². The molecule has 172 valence electrons. The Kier molecular flexibility index (Phi) is 5.26. The molecular weight excluding hydrogens is 402 g/mol. The molecule has 6 rings (SSSR count). The molecule has 3 aliphatic heterocycles. The van der Waals surface area contributed by atoms with Crippen LogP contribution in [0.4, 0.5) is 0 Å². The first-order valence-electron chi connectivity index (χ1n) is 12.6. The number of ether oxygens (including phenoxy) is 1. The van der Waals surface area contributed by atoms with Crippen molar-refractivity contribution in [2.75, 3.05) is 19.7 Å². The number of benzene rings is 1. The predicted octanol–water partition coefficient (Wildman–Crippen LogP) is 3.03. The molecule has 0 radical (unpaired) electrons. The zero-order valence-electron chi connectivity index (χ0n) is 18.9. The SMILES string of the molecule is O=C(N[C@H](CCN1[C@H]2CC[C@H]1CC1(C2)CN(C2CC2)C(=O)CO1)c1ccccc1)C1CC1. The molecule has 0 unspecified atom stereocenters. The third kappa shape index (κ3) is 4.08. The summed E-state index contributed by atoms with van der Waals surface area (Å²) in [6.07, 6.45) is 9.83. The van der Waals surface area contributed by atoms with E-state index in [9.17, 15) is 9.59 Å². The fourth-order valence-electron chi connectivity index (χ4n) is 6.39. The van der Waals surface area contributed by atoms with Crippen molar-refractivity contribution in [1.29, 1.82) is 0 Å². The van der Waals surface area contributed by atoms with Gasteiger partial charge in [-0.25, -0.2) is 0 Å². The fourth-order valence-corrected chi connectivity index (χ4v) is 6.39. The van der Waals surface area contributed by atoms with Crippen LogP contribution >= 0.6 is 0 Å². The maximum absolute atomic E-state index is 12.5. The molecule has 3 atom stereocenters. The lowest BCUT2D eigenvalue weighted by atomic mass is 9.84. The molecule has 3 heterocycles. The van der Waals surface area contributed by atoms with E-state index in [1.165, 1.54) is 18.4 Å². The van der Waals surface area contributed by atoms with Gasteiger partial charge in [-0.05, 0) is 63.4 Å². The van der Waals surface area contributed by atoms with Crippen LogP contribution in [0.15, 0.2) is 30.3 Å². The largest absolute Gasteiger partial charge is 0.363 e. The Balaban J connectivity index is 1.12. The van der Waals surface area contributed by atoms with E-state index < -0.39 is 0 Å². The average molecular weight is 438 g/mol. The highest BCUT2D eigenvalue weighted by Gasteiger charge is 2.53. The fraction of sp³-hybridized carbons (Fsp3) is 0.692. The maximum Gasteiger partial charge on any atom is 0.248 e. The van der Waals surface area contributed by atoms with Crippen LogP contribution in [0.25, 0.3) is 0 Å². The standard InChI is InChI=1S/C26H35N3O3/c30-24-16-32-26(17-29(24)20-8-9-20)14-21-10-11-22(15-26)28(21)13-12-23(18-4-2-1-3-5-18)27-25(31)19-6-7-19/h1-5,19-23H,6-17H2,(H,27,31)/t21-,22-,23+/m0/s1. The van der Waals surface area contributed by atoms with Gasteiger partial charge in [-0.15, -0.1) is 0 Å². The number of nitrogens with one attached hydrogen (secondary N) is 1. The van der Waals surface area contributed by atoms with Gasteiger partial charge in [0.15, 0.2) is 0 Å². The van der Waals surface area contributed by atoms with Crippen molar-refractivity contribution in [2.24, 2.45) is 5.92 Å². The van der Waals surface area contributed by atoms with E-state index in [4.69, 9.17) is 4.74 Å². The van der Waals surface area contributed by atoms with Crippen molar-refractivity contribution in [2.45, 2.75) is 87.6 Å². The Labute approximate surface area is 190 Å². The summed E-state index contributed by atoms with van der Waals surface area (Å²) in [4.78, 5) is 29.7. The van der Waals surface area contributed by atoms with Gasteiger partial charge in [-0.2, -0.15) is 0 Å². The first kappa shape index (κ1) is 20.7. The van der Waals surface area contributed by atoms with Crippen LogP contribution in [-0.4, -0.2) is 65.0 Å². The minimum absolute atomic E-state index is 0.0773. The summed E-state index contributed by atoms with van der Waals surface area (Å²) in [6.45, 7) is 2.06. The molecule has 2 amide bonds. The summed E-state index contributed by atoms with van der Waals surface area (Å²) in [6, 6.07) is 12.0. The van der Waals surface area contributed by atoms with E-state index >= 15 is 0 Å². The number of piperidine rings is 1. The van der Waals surface area contributed by atoms with E-state index in [-0.39, 0.29) is 36.0 Å². The molecule has 1 aromatic rings. The molecule has 5 fully saturated rings. The summed E-state index contributed by atoms with van der Waals surface area (Å²) in [7, 11) is 0. The minimum Gasteiger partial charge on any atom is -0.363 e. The van der Waals surface area contributed by atoms with E-state index in [0.717, 1.165) is 58.0 Å². The number of fused-ring (bicyclic) bond motifs is 2. The number of carbonyl (C=O) groups is 2. The van der Waals surface area contributed by atoms with Crippen LogP contribution in [0, 0.1) is 5.92 Å². The van der Waals surface area contributed by atoms with Crippen molar-refractivity contribution < 1.29 is 14.3 Å². The van der Waals surface area contributed by atoms with Crippen molar-refractivity contribution in [3.8, 4) is 0 Å². The number of hydrogen-bond acceptors (Lipinski definition) is 4. The molecule has 3 saturated heterocycles. The molecular formula is C26H35N3O3. The van der Waals surface area contributed by atoms with Crippen molar-refractivity contribution in [1.82, 2.24) is 15.1 Å². The number of amides is 2. The van der Waals surface area contributed by atoms with Gasteiger partial charge in [0.25, 0.3) is 0 Å². The monoisotopic (exact) mass is 437 g/mol. The Morgan fingerprint density at radius 2 is 1.72 bits per heavy atom. The Bertz CT molecular complexity index is 852. The lowest BCUT2D eigenvalue weighted by Crippen LogP contribution is -2.61. The lowest BCUT2D eigenvalue weighted by molar-refractivity contribution is -0.177. The van der Waals surface area contributed by atoms with Crippen molar-refractivity contribution >= 4 is 11.8 Å². The Morgan fingerprint density at radius 1 is 1.03 bits per heavy atom. The summed E-state index contributed by atoms with van der Waals surface area (Å²) in [5.74, 6) is 0.637. The van der Waals surface area contributed by atoms with Crippen LogP contribution in [0.1, 0.15) is 69.4 Å². The summed E-state index contributed by atoms with van der Waals surface area (Å²) < 4.78 is 6.26. The van der Waals surface area contributed by atoms with E-state index in [0.29, 0.717) is 18.1 Å². The summed E-state index contributed by atoms with van der Waals surface area (Å²) in [5.41, 5.74) is 1.06. The predicted molar refractivity (Wildman–Crippen MR) is 121 cm³/mol. The number of carbonyl (C=O) groups excluding carboxylic acids is 2. The third-order valence-corrected chi connectivity index (χ3v) is 8.40. The zero-order chi connectivity index (χ0) is 21.7. The molecule has 1 spiro atoms. The van der Waals surface area contributed by atoms with Crippen molar-refractivity contribution in [3.05, 3.63) is 35.9 Å². The lowest BCUT2D eigenvalue weighted by Gasteiger charge is -2.50. The van der Waals surface area contributed by atoms with Crippen LogP contribution in [-0.2, 0) is 14.3 Å². The molecule has 0 aromatic heterocycles. The summed E-state index contributed by atoms with van der Waals surface area (Å²) in [5, 5.41) is 3.34. The quantitative estimate of drug-likeness (QED) is 0.712. The first-order valence-corrected chi connectivity index (χ1v) is 12.6. The number of nitrogens with zero attached hydrogens (tertiary/aromatic N) is 2. The maximum atomic E-state index is 12.5. The Hall–Kier alpha value is -1.92. The second kappa shape index (κ2) is 8.14. The minimum atomic E-state index is -0.141. The van der Waals surface area contributed by atoms with Gasteiger partial charge >= 0.3 is 0 Å². The zero-order valence-corrected chi connectivity index (χ0v) is 18.9. The van der Waals surface area contributed by atoms with Gasteiger partial charge in [0.1, 0.15) is 6.61 Å². The van der Waals surface area contributed by atoms with Crippen LogP contribution in [0.2, 0.25) is 0 Å². The normalized spacial score (nSPS) is 33.5. The number of morpholine rings is 1. The molecule has 1 aromatic carbocycles. The second-order valence-corrected chi connectivity index (χ2v) is 10.8. The molecule has 2 saturated carbocycles. The van der Waals surface area contributed by atoms with Gasteiger partial charge in [0, 0.05) is 30.6 Å². The second-order valence-electron chi connectivity index (χ2n) is 10.8. The highest BCUT2D eigenvalue weighted by Crippen LogP contribution is 2.45. The molecule has 2 bridgehead atoms. The van der Waals surface area contributed by atoms with Crippen LogP contribution < -0.4 is 5.32 Å². The van der Waals surface area contributed by atoms with Gasteiger partial charge in [0.05, 0.1) is 18.2 Å². The van der Waals surface area contributed by atoms with Crippen molar-refractivity contribution in [3.63, 3.8) is 0 Å². The highest BCUT2D eigenvalue weighted by molar-refractivity contribution is 5.81. The summed E-state index contributed by atoms with van der Waals surface area (Å²) >= 11 is 0. The van der Waals surface area contributed by atoms with E-state index in [1.54, 1.807) is 0 Å². The average Bonchev–Trinajstić information content (AvgIpc) is 3.71. The van der Waals surface area contributed by atoms with Gasteiger partial charge in [0.2, 0.25) is 11.8 Å². The Morgan fingerprint density at radius 3 is 2.38 bits per heavy atom. The number of rotatable bonds is 7. The highest BCUT2D eigenvalue weighted by atomic mass is 16.5. The number of hydrogen-bond donors (Lipinski definition) is 1. The molecule has 6 nitrogen and oxygen atoms in total. The molecule has 5 aliphatic rings. The first-order chi connectivity index (χ1) is 15.6. The van der Waals surface area contributed by atoms with Gasteiger partial charge in [-0.1, -0.05) is 30.3 Å². The molecule has 6 heteroatoms. The third-order valence-electron chi connectivity index (χ3n) is 8.40. The van der Waals surface area contributed by atoms with E-state index in [1.807, 2.05) is 6.07 Å². The molecule has 32 heavy (non-hydrogen) atoms. The molecule has 1 N–H and O–H groups in total. The topological polar surface area (TPSA) is 61.9 Å². The van der Waals surface area contributed by atoms with Gasteiger partial charge < -0.3 is 15.0 Å². The van der Waals surface area contributed by atoms with E-state index in [2.05, 4.69) is 39.4 Å².